The van der Waals surface area contributed by atoms with E-state index in [-0.39, 0.29) is 4.90 Å². The van der Waals surface area contributed by atoms with Gasteiger partial charge in [0.2, 0.25) is 16.0 Å². The standard InChI is InChI=1S/C14H20N6O3S/c1-23-9-8-17-14-19-13(10-18-20-14)16-7-6-11-2-4-12(5-3-11)24(15,21)22/h2-5,10H,6-9H2,1H3,(H2,15,21,22)(H2,16,17,19,20). The number of sulfonamides is 1. The summed E-state index contributed by atoms with van der Waals surface area (Å²) in [6.07, 6.45) is 2.23. The van der Waals surface area contributed by atoms with Crippen LogP contribution in [0.3, 0.4) is 0 Å². The lowest BCUT2D eigenvalue weighted by atomic mass is 10.1. The molecular formula is C14H20N6O3S. The van der Waals surface area contributed by atoms with Crippen LogP contribution in [0.5, 0.6) is 0 Å². The smallest absolute Gasteiger partial charge is 0.244 e. The minimum absolute atomic E-state index is 0.103. The summed E-state index contributed by atoms with van der Waals surface area (Å²) >= 11 is 0. The fourth-order valence-electron chi connectivity index (χ4n) is 1.91. The van der Waals surface area contributed by atoms with Gasteiger partial charge in [-0.2, -0.15) is 10.1 Å². The first-order valence-corrected chi connectivity index (χ1v) is 8.82. The van der Waals surface area contributed by atoms with E-state index < -0.39 is 10.0 Å². The van der Waals surface area contributed by atoms with Gasteiger partial charge in [0.15, 0.2) is 5.82 Å². The fraction of sp³-hybridized carbons (Fsp3) is 0.357. The second kappa shape index (κ2) is 8.52. The summed E-state index contributed by atoms with van der Waals surface area (Å²) in [5.74, 6) is 1.03. The van der Waals surface area contributed by atoms with Crippen molar-refractivity contribution in [2.75, 3.05) is 37.4 Å². The molecule has 0 aliphatic carbocycles. The maximum Gasteiger partial charge on any atom is 0.244 e. The molecule has 1 aromatic carbocycles. The summed E-state index contributed by atoms with van der Waals surface area (Å²) < 4.78 is 27.3. The van der Waals surface area contributed by atoms with Gasteiger partial charge in [-0.1, -0.05) is 12.1 Å². The number of anilines is 2. The van der Waals surface area contributed by atoms with Crippen molar-refractivity contribution in [3.8, 4) is 0 Å². The average Bonchev–Trinajstić information content (AvgIpc) is 2.55. The highest BCUT2D eigenvalue weighted by Crippen LogP contribution is 2.10. The molecule has 1 aromatic heterocycles. The number of benzene rings is 1. The minimum atomic E-state index is -3.65. The highest BCUT2D eigenvalue weighted by molar-refractivity contribution is 7.89. The molecule has 4 N–H and O–H groups in total. The third-order valence-electron chi connectivity index (χ3n) is 3.12. The van der Waals surface area contributed by atoms with E-state index in [2.05, 4.69) is 25.8 Å². The van der Waals surface area contributed by atoms with Gasteiger partial charge >= 0.3 is 0 Å². The van der Waals surface area contributed by atoms with Crippen LogP contribution in [0.15, 0.2) is 35.4 Å². The van der Waals surface area contributed by atoms with Crippen molar-refractivity contribution in [3.63, 3.8) is 0 Å². The third kappa shape index (κ3) is 5.72. The number of hydrogen-bond acceptors (Lipinski definition) is 8. The van der Waals surface area contributed by atoms with Gasteiger partial charge in [-0.25, -0.2) is 13.6 Å². The van der Waals surface area contributed by atoms with E-state index in [9.17, 15) is 8.42 Å². The van der Waals surface area contributed by atoms with E-state index >= 15 is 0 Å². The van der Waals surface area contributed by atoms with E-state index in [1.54, 1.807) is 19.2 Å². The number of ether oxygens (including phenoxy) is 1. The van der Waals surface area contributed by atoms with E-state index in [1.165, 1.54) is 18.3 Å². The highest BCUT2D eigenvalue weighted by Gasteiger charge is 2.06. The monoisotopic (exact) mass is 352 g/mol. The Kier molecular flexibility index (Phi) is 6.41. The zero-order valence-corrected chi connectivity index (χ0v) is 14.1. The molecule has 2 rings (SSSR count). The molecule has 1 heterocycles. The zero-order valence-electron chi connectivity index (χ0n) is 13.3. The average molecular weight is 352 g/mol. The number of hydrogen-bond donors (Lipinski definition) is 3. The number of methoxy groups -OCH3 is 1. The molecule has 0 saturated carbocycles. The molecule has 2 aromatic rings. The number of nitrogens with one attached hydrogen (secondary N) is 2. The van der Waals surface area contributed by atoms with Crippen molar-refractivity contribution < 1.29 is 13.2 Å². The van der Waals surface area contributed by atoms with Crippen LogP contribution in [0.1, 0.15) is 5.56 Å². The lowest BCUT2D eigenvalue weighted by Crippen LogP contribution is -2.13. The molecule has 10 heteroatoms. The van der Waals surface area contributed by atoms with E-state index in [1.807, 2.05) is 0 Å². The van der Waals surface area contributed by atoms with Crippen molar-refractivity contribution in [1.29, 1.82) is 0 Å². The minimum Gasteiger partial charge on any atom is -0.383 e. The molecule has 0 amide bonds. The van der Waals surface area contributed by atoms with Gasteiger partial charge < -0.3 is 15.4 Å². The van der Waals surface area contributed by atoms with E-state index in [0.717, 1.165) is 5.56 Å². The summed E-state index contributed by atoms with van der Waals surface area (Å²) in [5.41, 5.74) is 0.982. The van der Waals surface area contributed by atoms with Crippen LogP contribution in [0.25, 0.3) is 0 Å². The molecule has 9 nitrogen and oxygen atoms in total. The molecule has 0 spiro atoms. The summed E-state index contributed by atoms with van der Waals surface area (Å²) in [7, 11) is -2.03. The summed E-state index contributed by atoms with van der Waals surface area (Å²) in [6.45, 7) is 1.76. The molecule has 0 atom stereocenters. The van der Waals surface area contributed by atoms with Gasteiger partial charge in [0.05, 0.1) is 17.7 Å². The Bertz CT molecular complexity index is 751. The third-order valence-corrected chi connectivity index (χ3v) is 4.05. The van der Waals surface area contributed by atoms with Crippen LogP contribution in [-0.4, -0.2) is 50.4 Å². The van der Waals surface area contributed by atoms with Gasteiger partial charge in [0, 0.05) is 20.2 Å². The Morgan fingerprint density at radius 3 is 2.58 bits per heavy atom. The molecule has 24 heavy (non-hydrogen) atoms. The number of nitrogens with zero attached hydrogens (tertiary/aromatic N) is 3. The normalized spacial score (nSPS) is 11.2. The molecule has 130 valence electrons. The van der Waals surface area contributed by atoms with Crippen LogP contribution in [-0.2, 0) is 21.2 Å². The number of rotatable bonds is 9. The van der Waals surface area contributed by atoms with Gasteiger partial charge in [-0.15, -0.1) is 5.10 Å². The second-order valence-electron chi connectivity index (χ2n) is 4.95. The van der Waals surface area contributed by atoms with Crippen LogP contribution in [0.2, 0.25) is 0 Å². The quantitative estimate of drug-likeness (QED) is 0.546. The molecule has 0 fully saturated rings. The first-order chi connectivity index (χ1) is 11.5. The maximum absolute atomic E-state index is 11.2. The number of primary sulfonamides is 1. The van der Waals surface area contributed by atoms with Crippen LogP contribution in [0.4, 0.5) is 11.8 Å². The van der Waals surface area contributed by atoms with Crippen LogP contribution in [0, 0.1) is 0 Å². The van der Waals surface area contributed by atoms with E-state index in [4.69, 9.17) is 9.88 Å². The SMILES string of the molecule is COCCNc1nncc(NCCc2ccc(S(N)(=O)=O)cc2)n1. The molecule has 0 aliphatic heterocycles. The summed E-state index contributed by atoms with van der Waals surface area (Å²) in [5, 5.41) is 18.9. The zero-order chi connectivity index (χ0) is 17.4. The van der Waals surface area contributed by atoms with Crippen molar-refractivity contribution in [1.82, 2.24) is 15.2 Å². The lowest BCUT2D eigenvalue weighted by Gasteiger charge is -2.08. The van der Waals surface area contributed by atoms with Gasteiger partial charge in [-0.3, -0.25) is 0 Å². The van der Waals surface area contributed by atoms with Gasteiger partial charge in [0.1, 0.15) is 0 Å². The molecular weight excluding hydrogens is 332 g/mol. The van der Waals surface area contributed by atoms with Gasteiger partial charge in [0.25, 0.3) is 0 Å². The van der Waals surface area contributed by atoms with Crippen molar-refractivity contribution in [2.45, 2.75) is 11.3 Å². The summed E-state index contributed by atoms with van der Waals surface area (Å²) in [6, 6.07) is 6.46. The first-order valence-electron chi connectivity index (χ1n) is 7.27. The highest BCUT2D eigenvalue weighted by atomic mass is 32.2. The Hall–Kier alpha value is -2.30. The largest absolute Gasteiger partial charge is 0.383 e. The summed E-state index contributed by atoms with van der Waals surface area (Å²) in [4.78, 5) is 4.38. The topological polar surface area (TPSA) is 132 Å². The predicted molar refractivity (Wildman–Crippen MR) is 90.2 cm³/mol. The lowest BCUT2D eigenvalue weighted by molar-refractivity contribution is 0.210. The van der Waals surface area contributed by atoms with Crippen LogP contribution < -0.4 is 15.8 Å². The Balaban J connectivity index is 1.84. The Morgan fingerprint density at radius 2 is 1.92 bits per heavy atom. The molecule has 0 radical (unpaired) electrons. The van der Waals surface area contributed by atoms with Crippen molar-refractivity contribution in [2.24, 2.45) is 5.14 Å². The van der Waals surface area contributed by atoms with E-state index in [0.29, 0.717) is 37.9 Å². The maximum atomic E-state index is 11.2. The Labute approximate surface area is 140 Å². The molecule has 0 saturated heterocycles. The van der Waals surface area contributed by atoms with Crippen LogP contribution >= 0.6 is 0 Å². The van der Waals surface area contributed by atoms with Crippen molar-refractivity contribution >= 4 is 21.8 Å². The number of nitrogens with two attached hydrogens (primary N) is 1. The van der Waals surface area contributed by atoms with Gasteiger partial charge in [-0.05, 0) is 24.1 Å². The molecule has 0 unspecified atom stereocenters. The predicted octanol–water partition coefficient (Wildman–Crippen LogP) is 0.232. The second-order valence-corrected chi connectivity index (χ2v) is 6.51. The fourth-order valence-corrected chi connectivity index (χ4v) is 2.42. The first kappa shape index (κ1) is 18.0. The molecule has 0 bridgehead atoms. The Morgan fingerprint density at radius 1 is 1.17 bits per heavy atom. The number of aromatic nitrogens is 3. The van der Waals surface area contributed by atoms with Crippen molar-refractivity contribution in [3.05, 3.63) is 36.0 Å². The molecule has 0 aliphatic rings.